The molecule has 3 rings (SSSR count). The van der Waals surface area contributed by atoms with E-state index in [1.165, 1.54) is 81.8 Å². The molecule has 0 bridgehead atoms. The van der Waals surface area contributed by atoms with Gasteiger partial charge in [-0.15, -0.1) is 0 Å². The summed E-state index contributed by atoms with van der Waals surface area (Å²) in [7, 11) is 0. The van der Waals surface area contributed by atoms with Crippen LogP contribution in [0.4, 0.5) is 0 Å². The fourth-order valence-corrected chi connectivity index (χ4v) is 4.35. The molecule has 0 N–H and O–H groups in total. The molecule has 0 radical (unpaired) electrons. The van der Waals surface area contributed by atoms with Crippen LogP contribution in [0.1, 0.15) is 106 Å². The molecule has 4 heteroatoms. The van der Waals surface area contributed by atoms with Crippen molar-refractivity contribution in [2.24, 2.45) is 0 Å². The highest BCUT2D eigenvalue weighted by atomic mass is 16.5. The summed E-state index contributed by atoms with van der Waals surface area (Å²) >= 11 is 0. The third-order valence-electron chi connectivity index (χ3n) is 6.63. The molecular weight excluding hydrogens is 444 g/mol. The third kappa shape index (κ3) is 9.56. The van der Waals surface area contributed by atoms with Crippen LogP contribution >= 0.6 is 0 Å². The van der Waals surface area contributed by atoms with Crippen molar-refractivity contribution < 1.29 is 9.53 Å². The molecule has 0 saturated heterocycles. The summed E-state index contributed by atoms with van der Waals surface area (Å²) in [5, 5.41) is 0. The molecule has 36 heavy (non-hydrogen) atoms. The number of rotatable bonds is 16. The monoisotopic (exact) mass is 486 g/mol. The Morgan fingerprint density at radius 3 is 1.64 bits per heavy atom. The highest BCUT2D eigenvalue weighted by molar-refractivity contribution is 5.91. The summed E-state index contributed by atoms with van der Waals surface area (Å²) in [4.78, 5) is 21.4. The molecule has 0 aliphatic rings. The summed E-state index contributed by atoms with van der Waals surface area (Å²) in [5.41, 5.74) is 4.11. The van der Waals surface area contributed by atoms with Gasteiger partial charge < -0.3 is 4.74 Å². The van der Waals surface area contributed by atoms with Crippen LogP contribution in [-0.4, -0.2) is 15.9 Å². The van der Waals surface area contributed by atoms with Gasteiger partial charge in [0.2, 0.25) is 0 Å². The maximum absolute atomic E-state index is 12.5. The number of nitrogens with zero attached hydrogens (tertiary/aromatic N) is 2. The van der Waals surface area contributed by atoms with Crippen LogP contribution in [0.25, 0.3) is 11.4 Å². The van der Waals surface area contributed by atoms with Crippen LogP contribution in [0.5, 0.6) is 5.75 Å². The predicted octanol–water partition coefficient (Wildman–Crippen LogP) is 8.78. The van der Waals surface area contributed by atoms with Crippen molar-refractivity contribution in [3.05, 3.63) is 77.6 Å². The topological polar surface area (TPSA) is 52.1 Å². The van der Waals surface area contributed by atoms with E-state index < -0.39 is 0 Å². The number of benzene rings is 2. The van der Waals surface area contributed by atoms with Gasteiger partial charge in [0.05, 0.1) is 18.0 Å². The van der Waals surface area contributed by atoms with Crippen LogP contribution in [-0.2, 0) is 12.8 Å². The standard InChI is InChI=1S/C32H42N2O2/c1-3-5-7-9-11-13-15-26-16-20-28(21-17-26)31-33-24-30(25-34-31)36-32(35)29-22-18-27(19-23-29)14-12-10-8-6-4-2/h16-25H,3-15H2,1-2H3. The van der Waals surface area contributed by atoms with E-state index in [0.717, 1.165) is 18.4 Å². The van der Waals surface area contributed by atoms with E-state index in [1.807, 2.05) is 24.3 Å². The molecule has 0 spiro atoms. The van der Waals surface area contributed by atoms with Gasteiger partial charge in [0.1, 0.15) is 0 Å². The van der Waals surface area contributed by atoms with Crippen molar-refractivity contribution in [3.8, 4) is 17.1 Å². The molecule has 192 valence electrons. The van der Waals surface area contributed by atoms with Crippen LogP contribution in [0, 0.1) is 0 Å². The summed E-state index contributed by atoms with van der Waals surface area (Å²) in [6, 6.07) is 16.2. The quantitative estimate of drug-likeness (QED) is 0.150. The largest absolute Gasteiger partial charge is 0.420 e. The first-order valence-corrected chi connectivity index (χ1v) is 13.9. The number of carbonyl (C=O) groups excluding carboxylic acids is 1. The first-order chi connectivity index (χ1) is 17.7. The fourth-order valence-electron chi connectivity index (χ4n) is 4.35. The molecule has 0 aliphatic carbocycles. The molecule has 3 aromatic rings. The van der Waals surface area contributed by atoms with Crippen LogP contribution in [0.2, 0.25) is 0 Å². The van der Waals surface area contributed by atoms with Gasteiger partial charge >= 0.3 is 5.97 Å². The first-order valence-electron chi connectivity index (χ1n) is 13.9. The van der Waals surface area contributed by atoms with Crippen molar-refractivity contribution in [1.29, 1.82) is 0 Å². The molecule has 1 heterocycles. The van der Waals surface area contributed by atoms with E-state index in [0.29, 0.717) is 17.1 Å². The van der Waals surface area contributed by atoms with Gasteiger partial charge in [0.25, 0.3) is 0 Å². The van der Waals surface area contributed by atoms with Crippen molar-refractivity contribution in [1.82, 2.24) is 9.97 Å². The molecule has 0 aliphatic heterocycles. The zero-order chi connectivity index (χ0) is 25.4. The van der Waals surface area contributed by atoms with Crippen LogP contribution in [0.3, 0.4) is 0 Å². The number of aromatic nitrogens is 2. The molecule has 1 aromatic heterocycles. The SMILES string of the molecule is CCCCCCCCc1ccc(-c2ncc(OC(=O)c3ccc(CCCCCCC)cc3)cn2)cc1. The van der Waals surface area contributed by atoms with Gasteiger partial charge in [-0.2, -0.15) is 0 Å². The minimum absolute atomic E-state index is 0.350. The minimum atomic E-state index is -0.389. The van der Waals surface area contributed by atoms with Crippen LogP contribution < -0.4 is 4.74 Å². The second kappa shape index (κ2) is 15.9. The number of carbonyl (C=O) groups is 1. The molecule has 4 nitrogen and oxygen atoms in total. The van der Waals surface area contributed by atoms with E-state index >= 15 is 0 Å². The van der Waals surface area contributed by atoms with Gasteiger partial charge in [-0.1, -0.05) is 108 Å². The predicted molar refractivity (Wildman–Crippen MR) is 148 cm³/mol. The van der Waals surface area contributed by atoms with Gasteiger partial charge in [-0.3, -0.25) is 0 Å². The van der Waals surface area contributed by atoms with E-state index in [1.54, 1.807) is 12.4 Å². The highest BCUT2D eigenvalue weighted by Gasteiger charge is 2.10. The van der Waals surface area contributed by atoms with E-state index in [9.17, 15) is 4.79 Å². The maximum atomic E-state index is 12.5. The fraction of sp³-hybridized carbons (Fsp3) is 0.469. The normalized spacial score (nSPS) is 10.9. The molecule has 0 atom stereocenters. The Labute approximate surface area is 217 Å². The summed E-state index contributed by atoms with van der Waals surface area (Å²) in [6.07, 6.45) is 19.5. The first kappa shape index (κ1) is 27.6. The lowest BCUT2D eigenvalue weighted by molar-refractivity contribution is 0.0733. The van der Waals surface area contributed by atoms with E-state index in [2.05, 4.69) is 48.1 Å². The highest BCUT2D eigenvalue weighted by Crippen LogP contribution is 2.19. The Morgan fingerprint density at radius 1 is 0.639 bits per heavy atom. The zero-order valence-corrected chi connectivity index (χ0v) is 22.2. The average Bonchev–Trinajstić information content (AvgIpc) is 2.92. The van der Waals surface area contributed by atoms with Crippen LogP contribution in [0.15, 0.2) is 60.9 Å². The number of hydrogen-bond acceptors (Lipinski definition) is 4. The molecule has 0 amide bonds. The van der Waals surface area contributed by atoms with Gasteiger partial charge in [-0.05, 0) is 48.9 Å². The Morgan fingerprint density at radius 2 is 1.11 bits per heavy atom. The maximum Gasteiger partial charge on any atom is 0.343 e. The number of hydrogen-bond donors (Lipinski definition) is 0. The van der Waals surface area contributed by atoms with E-state index in [-0.39, 0.29) is 5.97 Å². The molecule has 0 fully saturated rings. The minimum Gasteiger partial charge on any atom is -0.420 e. The summed E-state index contributed by atoms with van der Waals surface area (Å²) in [6.45, 7) is 4.48. The van der Waals surface area contributed by atoms with Crippen molar-refractivity contribution in [3.63, 3.8) is 0 Å². The number of aryl methyl sites for hydroxylation is 2. The molecular formula is C32H42N2O2. The number of ether oxygens (including phenoxy) is 1. The summed E-state index contributed by atoms with van der Waals surface area (Å²) in [5.74, 6) is 0.590. The Hall–Kier alpha value is -3.01. The lowest BCUT2D eigenvalue weighted by Crippen LogP contribution is -2.09. The lowest BCUT2D eigenvalue weighted by Gasteiger charge is -2.07. The van der Waals surface area contributed by atoms with Gasteiger partial charge in [0.15, 0.2) is 11.6 Å². The Bertz CT molecular complexity index is 1010. The lowest BCUT2D eigenvalue weighted by atomic mass is 10.0. The third-order valence-corrected chi connectivity index (χ3v) is 6.63. The van der Waals surface area contributed by atoms with Crippen molar-refractivity contribution >= 4 is 5.97 Å². The summed E-state index contributed by atoms with van der Waals surface area (Å²) < 4.78 is 5.49. The second-order valence-corrected chi connectivity index (χ2v) is 9.71. The Kier molecular flexibility index (Phi) is 12.2. The average molecular weight is 487 g/mol. The van der Waals surface area contributed by atoms with Gasteiger partial charge in [-0.25, -0.2) is 14.8 Å². The Balaban J connectivity index is 1.45. The molecule has 2 aromatic carbocycles. The number of esters is 1. The molecule has 0 saturated carbocycles. The number of unbranched alkanes of at least 4 members (excludes halogenated alkanes) is 9. The van der Waals surface area contributed by atoms with Crippen molar-refractivity contribution in [2.75, 3.05) is 0 Å². The molecule has 0 unspecified atom stereocenters. The van der Waals surface area contributed by atoms with Gasteiger partial charge in [0, 0.05) is 5.56 Å². The second-order valence-electron chi connectivity index (χ2n) is 9.71. The van der Waals surface area contributed by atoms with Crippen molar-refractivity contribution in [2.45, 2.75) is 97.3 Å². The zero-order valence-electron chi connectivity index (χ0n) is 22.2. The smallest absolute Gasteiger partial charge is 0.343 e. The van der Waals surface area contributed by atoms with E-state index in [4.69, 9.17) is 4.74 Å².